The summed E-state index contributed by atoms with van der Waals surface area (Å²) in [5, 5.41) is 0. The third kappa shape index (κ3) is 2.43. The van der Waals surface area contributed by atoms with Gasteiger partial charge < -0.3 is 18.9 Å². The summed E-state index contributed by atoms with van der Waals surface area (Å²) in [7, 11) is 0. The van der Waals surface area contributed by atoms with Crippen molar-refractivity contribution in [3.8, 4) is 0 Å². The number of ether oxygens (including phenoxy) is 4. The minimum Gasteiger partial charge on any atom is -0.457 e. The molecule has 0 bridgehead atoms. The van der Waals surface area contributed by atoms with Gasteiger partial charge in [0.15, 0.2) is 24.3 Å². The molecule has 4 rings (SSSR count). The number of carbonyl (C=O) groups is 1. The molecule has 0 N–H and O–H groups in total. The monoisotopic (exact) mass is 304 g/mol. The van der Waals surface area contributed by atoms with Crippen LogP contribution in [0, 0.1) is 5.92 Å². The molecule has 3 fully saturated rings. The smallest absolute Gasteiger partial charge is 0.306 e. The van der Waals surface area contributed by atoms with Gasteiger partial charge in [0.25, 0.3) is 0 Å². The van der Waals surface area contributed by atoms with Gasteiger partial charge in [-0.3, -0.25) is 4.79 Å². The molecule has 0 spiro atoms. The summed E-state index contributed by atoms with van der Waals surface area (Å²) in [6.45, 7) is 3.69. The van der Waals surface area contributed by atoms with Gasteiger partial charge in [0, 0.05) is 5.92 Å². The Morgan fingerprint density at radius 1 is 1.09 bits per heavy atom. The second-order valence-electron chi connectivity index (χ2n) is 6.68. The van der Waals surface area contributed by atoms with Crippen LogP contribution in [0.15, 0.2) is 30.3 Å². The van der Waals surface area contributed by atoms with Crippen LogP contribution in [0.4, 0.5) is 0 Å². The topological polar surface area (TPSA) is 54.0 Å². The van der Waals surface area contributed by atoms with Crippen molar-refractivity contribution >= 4 is 5.97 Å². The summed E-state index contributed by atoms with van der Waals surface area (Å²) < 4.78 is 23.2. The van der Waals surface area contributed by atoms with E-state index in [1.807, 2.05) is 32.0 Å². The van der Waals surface area contributed by atoms with Crippen LogP contribution in [0.1, 0.15) is 25.8 Å². The molecular formula is C17H20O5. The van der Waals surface area contributed by atoms with Crippen LogP contribution in [0.25, 0.3) is 0 Å². The predicted molar refractivity (Wildman–Crippen MR) is 76.8 cm³/mol. The zero-order valence-electron chi connectivity index (χ0n) is 12.7. The molecule has 5 heteroatoms. The lowest BCUT2D eigenvalue weighted by atomic mass is 9.86. The Morgan fingerprint density at radius 3 is 2.64 bits per heavy atom. The number of esters is 1. The Labute approximate surface area is 129 Å². The van der Waals surface area contributed by atoms with E-state index in [0.717, 1.165) is 6.42 Å². The molecule has 0 saturated carbocycles. The highest BCUT2D eigenvalue weighted by Gasteiger charge is 2.59. The minimum atomic E-state index is -0.695. The number of carbonyl (C=O) groups excluding carboxylic acids is 1. The van der Waals surface area contributed by atoms with Gasteiger partial charge >= 0.3 is 5.97 Å². The molecule has 1 aromatic carbocycles. The van der Waals surface area contributed by atoms with Crippen LogP contribution in [0.5, 0.6) is 0 Å². The molecule has 5 nitrogen and oxygen atoms in total. The van der Waals surface area contributed by atoms with Crippen molar-refractivity contribution in [3.63, 3.8) is 0 Å². The first-order valence-electron chi connectivity index (χ1n) is 7.76. The van der Waals surface area contributed by atoms with Crippen molar-refractivity contribution < 1.29 is 23.7 Å². The van der Waals surface area contributed by atoms with Crippen LogP contribution >= 0.6 is 0 Å². The summed E-state index contributed by atoms with van der Waals surface area (Å²) in [4.78, 5) is 12.0. The third-order valence-corrected chi connectivity index (χ3v) is 4.53. The molecule has 1 aromatic rings. The van der Waals surface area contributed by atoms with E-state index in [9.17, 15) is 4.79 Å². The van der Waals surface area contributed by atoms with Crippen LogP contribution in [-0.2, 0) is 30.2 Å². The van der Waals surface area contributed by atoms with E-state index in [1.54, 1.807) is 0 Å². The van der Waals surface area contributed by atoms with Gasteiger partial charge in [0.2, 0.25) is 0 Å². The highest BCUT2D eigenvalue weighted by molar-refractivity contribution is 5.71. The lowest BCUT2D eigenvalue weighted by Crippen LogP contribution is -2.47. The molecule has 0 radical (unpaired) electrons. The van der Waals surface area contributed by atoms with Crippen molar-refractivity contribution in [1.82, 2.24) is 0 Å². The summed E-state index contributed by atoms with van der Waals surface area (Å²) in [5.41, 5.74) is 1.20. The summed E-state index contributed by atoms with van der Waals surface area (Å²) >= 11 is 0. The Kier molecular flexibility index (Phi) is 3.25. The SMILES string of the molecule is CC1(C)O[C@H]2O[C@@H]3[C@@H](Cc4ccccc4)CC(=O)O[C@@H]3[C@H]2O1. The second kappa shape index (κ2) is 5.05. The minimum absolute atomic E-state index is 0.0922. The number of rotatable bonds is 2. The molecule has 0 unspecified atom stereocenters. The Balaban J connectivity index is 1.54. The molecule has 3 aliphatic heterocycles. The zero-order chi connectivity index (χ0) is 15.3. The van der Waals surface area contributed by atoms with Crippen molar-refractivity contribution in [2.45, 2.75) is 57.1 Å². The van der Waals surface area contributed by atoms with Gasteiger partial charge in [-0.25, -0.2) is 0 Å². The first-order chi connectivity index (χ1) is 10.5. The van der Waals surface area contributed by atoms with E-state index in [0.29, 0.717) is 6.42 Å². The van der Waals surface area contributed by atoms with Crippen molar-refractivity contribution in [3.05, 3.63) is 35.9 Å². The Bertz CT molecular complexity index is 570. The fraction of sp³-hybridized carbons (Fsp3) is 0.588. The molecule has 118 valence electrons. The van der Waals surface area contributed by atoms with Gasteiger partial charge in [-0.1, -0.05) is 30.3 Å². The summed E-state index contributed by atoms with van der Waals surface area (Å²) in [5.74, 6) is -0.784. The van der Waals surface area contributed by atoms with Gasteiger partial charge in [-0.2, -0.15) is 0 Å². The lowest BCUT2D eigenvalue weighted by molar-refractivity contribution is -0.231. The lowest BCUT2D eigenvalue weighted by Gasteiger charge is -2.34. The maximum Gasteiger partial charge on any atom is 0.306 e. The van der Waals surface area contributed by atoms with Crippen LogP contribution in [0.2, 0.25) is 0 Å². The predicted octanol–water partition coefficient (Wildman–Crippen LogP) is 2.04. The fourth-order valence-corrected chi connectivity index (χ4v) is 3.65. The van der Waals surface area contributed by atoms with Gasteiger partial charge in [0.05, 0.1) is 6.42 Å². The maximum atomic E-state index is 12.0. The number of hydrogen-bond acceptors (Lipinski definition) is 5. The molecule has 5 atom stereocenters. The summed E-state index contributed by atoms with van der Waals surface area (Å²) in [6.07, 6.45) is -0.152. The van der Waals surface area contributed by atoms with Gasteiger partial charge in [-0.05, 0) is 25.8 Å². The van der Waals surface area contributed by atoms with E-state index in [1.165, 1.54) is 5.56 Å². The molecule has 3 aliphatic rings. The number of benzene rings is 1. The molecule has 0 aromatic heterocycles. The van der Waals surface area contributed by atoms with Crippen molar-refractivity contribution in [2.75, 3.05) is 0 Å². The maximum absolute atomic E-state index is 12.0. The van der Waals surface area contributed by atoms with E-state index in [4.69, 9.17) is 18.9 Å². The standard InChI is InChI=1S/C17H20O5/c1-17(2)21-15-14-13(20-16(15)22-17)11(9-12(18)19-14)8-10-6-4-3-5-7-10/h3-7,11,13-16H,8-9H2,1-2H3/t11-,13+,14-,15+,16+/m0/s1. The third-order valence-electron chi connectivity index (χ3n) is 4.53. The molecule has 0 aliphatic carbocycles. The van der Waals surface area contributed by atoms with Crippen LogP contribution in [0.3, 0.4) is 0 Å². The van der Waals surface area contributed by atoms with E-state index < -0.39 is 12.1 Å². The van der Waals surface area contributed by atoms with Crippen molar-refractivity contribution in [1.29, 1.82) is 0 Å². The molecular weight excluding hydrogens is 284 g/mol. The number of fused-ring (bicyclic) bond motifs is 3. The highest BCUT2D eigenvalue weighted by Crippen LogP contribution is 2.44. The average molecular weight is 304 g/mol. The second-order valence-corrected chi connectivity index (χ2v) is 6.68. The van der Waals surface area contributed by atoms with E-state index in [2.05, 4.69) is 12.1 Å². The van der Waals surface area contributed by atoms with E-state index >= 15 is 0 Å². The normalized spacial score (nSPS) is 39.2. The zero-order valence-corrected chi connectivity index (χ0v) is 12.7. The highest BCUT2D eigenvalue weighted by atomic mass is 16.8. The van der Waals surface area contributed by atoms with Gasteiger partial charge in [0.1, 0.15) is 6.10 Å². The van der Waals surface area contributed by atoms with Crippen LogP contribution < -0.4 is 0 Å². The number of hydrogen-bond donors (Lipinski definition) is 0. The first-order valence-corrected chi connectivity index (χ1v) is 7.76. The van der Waals surface area contributed by atoms with Crippen molar-refractivity contribution in [2.24, 2.45) is 5.92 Å². The molecule has 22 heavy (non-hydrogen) atoms. The molecule has 0 amide bonds. The van der Waals surface area contributed by atoms with E-state index in [-0.39, 0.29) is 30.2 Å². The fourth-order valence-electron chi connectivity index (χ4n) is 3.65. The Hall–Kier alpha value is -1.43. The quantitative estimate of drug-likeness (QED) is 0.783. The molecule has 3 saturated heterocycles. The molecule has 3 heterocycles. The Morgan fingerprint density at radius 2 is 1.86 bits per heavy atom. The van der Waals surface area contributed by atoms with Crippen LogP contribution in [-0.4, -0.2) is 36.4 Å². The first kappa shape index (κ1) is 14.2. The largest absolute Gasteiger partial charge is 0.457 e. The van der Waals surface area contributed by atoms with Gasteiger partial charge in [-0.15, -0.1) is 0 Å². The summed E-state index contributed by atoms with van der Waals surface area (Å²) in [6, 6.07) is 10.1. The average Bonchev–Trinajstić information content (AvgIpc) is 2.93.